The van der Waals surface area contributed by atoms with Crippen molar-refractivity contribution in [3.63, 3.8) is 0 Å². The molecule has 0 bridgehead atoms. The van der Waals surface area contributed by atoms with Gasteiger partial charge in [0.2, 0.25) is 0 Å². The van der Waals surface area contributed by atoms with Crippen LogP contribution in [0.25, 0.3) is 0 Å². The van der Waals surface area contributed by atoms with E-state index in [1.54, 1.807) is 12.1 Å². The highest BCUT2D eigenvalue weighted by Gasteiger charge is 2.34. The monoisotopic (exact) mass is 412 g/mol. The van der Waals surface area contributed by atoms with Gasteiger partial charge in [-0.15, -0.1) is 0 Å². The molecule has 1 atom stereocenters. The maximum absolute atomic E-state index is 12.5. The highest BCUT2D eigenvalue weighted by atomic mass is 19.4. The third-order valence-corrected chi connectivity index (χ3v) is 5.30. The maximum atomic E-state index is 12.5. The summed E-state index contributed by atoms with van der Waals surface area (Å²) in [5, 5.41) is 6.61. The second-order valence-electron chi connectivity index (χ2n) is 7.97. The summed E-state index contributed by atoms with van der Waals surface area (Å²) < 4.78 is 42.6. The van der Waals surface area contributed by atoms with Crippen LogP contribution in [0.2, 0.25) is 0 Å². The fourth-order valence-electron chi connectivity index (χ4n) is 3.63. The first kappa shape index (κ1) is 21.7. The number of aliphatic imine (C=N–C) groups is 1. The van der Waals surface area contributed by atoms with E-state index in [9.17, 15) is 13.2 Å². The molecule has 29 heavy (non-hydrogen) atoms. The minimum absolute atomic E-state index is 0.234. The second kappa shape index (κ2) is 9.69. The lowest BCUT2D eigenvalue weighted by molar-refractivity contribution is -0.153. The van der Waals surface area contributed by atoms with Crippen molar-refractivity contribution in [1.82, 2.24) is 15.5 Å². The summed E-state index contributed by atoms with van der Waals surface area (Å²) >= 11 is 0. The van der Waals surface area contributed by atoms with Crippen LogP contribution in [0, 0.1) is 12.8 Å². The third-order valence-electron chi connectivity index (χ3n) is 5.30. The van der Waals surface area contributed by atoms with Crippen LogP contribution in [0.15, 0.2) is 23.2 Å². The maximum Gasteiger partial charge on any atom is 0.422 e. The number of benzene rings is 1. The van der Waals surface area contributed by atoms with E-state index in [1.165, 1.54) is 25.8 Å². The smallest absolute Gasteiger partial charge is 0.422 e. The Morgan fingerprint density at radius 3 is 2.72 bits per heavy atom. The lowest BCUT2D eigenvalue weighted by Gasteiger charge is -2.17. The zero-order valence-corrected chi connectivity index (χ0v) is 17.2. The molecule has 162 valence electrons. The van der Waals surface area contributed by atoms with E-state index in [4.69, 9.17) is 4.74 Å². The fourth-order valence-corrected chi connectivity index (χ4v) is 3.63. The number of rotatable bonds is 8. The molecule has 1 aromatic rings. The summed E-state index contributed by atoms with van der Waals surface area (Å²) in [5.74, 6) is 1.52. The Morgan fingerprint density at radius 1 is 1.24 bits per heavy atom. The second-order valence-corrected chi connectivity index (χ2v) is 7.97. The third kappa shape index (κ3) is 7.10. The molecular weight excluding hydrogens is 381 g/mol. The van der Waals surface area contributed by atoms with E-state index in [-0.39, 0.29) is 12.3 Å². The molecule has 2 N–H and O–H groups in total. The quantitative estimate of drug-likeness (QED) is 0.507. The van der Waals surface area contributed by atoms with Crippen LogP contribution < -0.4 is 15.4 Å². The molecule has 8 heteroatoms. The zero-order chi connectivity index (χ0) is 20.9. The normalized spacial score (nSPS) is 20.7. The Hall–Kier alpha value is -1.96. The molecule has 1 unspecified atom stereocenters. The molecule has 1 aliphatic carbocycles. The molecule has 5 nitrogen and oxygen atoms in total. The number of guanidine groups is 1. The number of aryl methyl sites for hydroxylation is 1. The molecule has 1 aliphatic heterocycles. The van der Waals surface area contributed by atoms with Crippen LogP contribution in [0.3, 0.4) is 0 Å². The van der Waals surface area contributed by atoms with E-state index < -0.39 is 12.8 Å². The lowest BCUT2D eigenvalue weighted by atomic mass is 10.1. The van der Waals surface area contributed by atoms with Crippen LogP contribution >= 0.6 is 0 Å². The van der Waals surface area contributed by atoms with E-state index in [1.807, 2.05) is 19.9 Å². The van der Waals surface area contributed by atoms with E-state index >= 15 is 0 Å². The first-order valence-electron chi connectivity index (χ1n) is 10.4. The molecule has 0 amide bonds. The summed E-state index contributed by atoms with van der Waals surface area (Å²) in [6.07, 6.45) is -0.508. The number of nitrogens with one attached hydrogen (secondary N) is 2. The van der Waals surface area contributed by atoms with Crippen molar-refractivity contribution >= 4 is 5.96 Å². The number of alkyl halides is 3. The SMILES string of the molecule is CCNC(=NCc1ccc(C)cc1OCC(F)(F)F)NCC1CCN(C2CC2)C1. The van der Waals surface area contributed by atoms with Gasteiger partial charge >= 0.3 is 6.18 Å². The molecule has 1 saturated heterocycles. The number of hydrogen-bond acceptors (Lipinski definition) is 3. The van der Waals surface area contributed by atoms with Gasteiger partial charge in [-0.1, -0.05) is 12.1 Å². The largest absolute Gasteiger partial charge is 0.484 e. The molecule has 0 aromatic heterocycles. The Morgan fingerprint density at radius 2 is 2.03 bits per heavy atom. The van der Waals surface area contributed by atoms with Crippen molar-refractivity contribution < 1.29 is 17.9 Å². The van der Waals surface area contributed by atoms with Crippen LogP contribution in [0.5, 0.6) is 5.75 Å². The van der Waals surface area contributed by atoms with Crippen LogP contribution in [-0.4, -0.2) is 55.9 Å². The van der Waals surface area contributed by atoms with Gasteiger partial charge in [0.25, 0.3) is 0 Å². The number of ether oxygens (including phenoxy) is 1. The molecule has 2 aliphatic rings. The van der Waals surface area contributed by atoms with Crippen molar-refractivity contribution in [1.29, 1.82) is 0 Å². The summed E-state index contributed by atoms with van der Waals surface area (Å²) in [4.78, 5) is 7.14. The first-order chi connectivity index (χ1) is 13.8. The topological polar surface area (TPSA) is 48.9 Å². The minimum atomic E-state index is -4.36. The van der Waals surface area contributed by atoms with Gasteiger partial charge in [0.05, 0.1) is 6.54 Å². The predicted molar refractivity (Wildman–Crippen MR) is 108 cm³/mol. The number of nitrogens with zero attached hydrogens (tertiary/aromatic N) is 2. The van der Waals surface area contributed by atoms with Crippen molar-refractivity contribution in [2.45, 2.75) is 51.9 Å². The van der Waals surface area contributed by atoms with Gasteiger partial charge < -0.3 is 20.3 Å². The van der Waals surface area contributed by atoms with Crippen molar-refractivity contribution in [3.8, 4) is 5.75 Å². The van der Waals surface area contributed by atoms with Gasteiger partial charge in [-0.3, -0.25) is 0 Å². The molecule has 3 rings (SSSR count). The van der Waals surface area contributed by atoms with Gasteiger partial charge in [-0.05, 0) is 57.2 Å². The summed E-state index contributed by atoms with van der Waals surface area (Å²) in [6.45, 7) is 6.64. The highest BCUT2D eigenvalue weighted by molar-refractivity contribution is 5.79. The summed E-state index contributed by atoms with van der Waals surface area (Å²) in [6, 6.07) is 6.07. The molecule has 0 spiro atoms. The fraction of sp³-hybridized carbons (Fsp3) is 0.667. The standard InChI is InChI=1S/C21H31F3N4O/c1-3-25-20(26-11-16-8-9-28(13-16)18-6-7-18)27-12-17-5-4-15(2)10-19(17)29-14-21(22,23)24/h4-5,10,16,18H,3,6-9,11-14H2,1-2H3,(H2,25,26,27). The zero-order valence-electron chi connectivity index (χ0n) is 17.2. The first-order valence-corrected chi connectivity index (χ1v) is 10.4. The van der Waals surface area contributed by atoms with Crippen LogP contribution in [0.1, 0.15) is 37.3 Å². The van der Waals surface area contributed by atoms with E-state index in [2.05, 4.69) is 20.5 Å². The minimum Gasteiger partial charge on any atom is -0.484 e. The molecule has 0 radical (unpaired) electrons. The Kier molecular flexibility index (Phi) is 7.27. The Balaban J connectivity index is 1.57. The predicted octanol–water partition coefficient (Wildman–Crippen LogP) is 3.48. The van der Waals surface area contributed by atoms with Crippen molar-refractivity contribution in [2.75, 3.05) is 32.8 Å². The number of hydrogen-bond donors (Lipinski definition) is 2. The van der Waals surface area contributed by atoms with Gasteiger partial charge in [-0.25, -0.2) is 4.99 Å². The van der Waals surface area contributed by atoms with E-state index in [0.29, 0.717) is 17.4 Å². The van der Waals surface area contributed by atoms with Gasteiger partial charge in [0.15, 0.2) is 12.6 Å². The number of halogens is 3. The molecule has 1 heterocycles. The van der Waals surface area contributed by atoms with E-state index in [0.717, 1.165) is 31.2 Å². The molecule has 1 saturated carbocycles. The molecular formula is C21H31F3N4O. The van der Waals surface area contributed by atoms with Crippen molar-refractivity contribution in [3.05, 3.63) is 29.3 Å². The summed E-state index contributed by atoms with van der Waals surface area (Å²) in [7, 11) is 0. The van der Waals surface area contributed by atoms with Gasteiger partial charge in [0.1, 0.15) is 5.75 Å². The van der Waals surface area contributed by atoms with Crippen LogP contribution in [-0.2, 0) is 6.54 Å². The van der Waals surface area contributed by atoms with Crippen molar-refractivity contribution in [2.24, 2.45) is 10.9 Å². The Labute approximate surface area is 170 Å². The molecule has 1 aromatic carbocycles. The van der Waals surface area contributed by atoms with Crippen LogP contribution in [0.4, 0.5) is 13.2 Å². The lowest BCUT2D eigenvalue weighted by Crippen LogP contribution is -2.40. The summed E-state index contributed by atoms with van der Waals surface area (Å²) in [5.41, 5.74) is 1.49. The number of likely N-dealkylation sites (tertiary alicyclic amines) is 1. The highest BCUT2D eigenvalue weighted by Crippen LogP contribution is 2.31. The van der Waals surface area contributed by atoms with Gasteiger partial charge in [-0.2, -0.15) is 13.2 Å². The molecule has 2 fully saturated rings. The average molecular weight is 413 g/mol. The van der Waals surface area contributed by atoms with Gasteiger partial charge in [0, 0.05) is 31.2 Å². The Bertz CT molecular complexity index is 704. The average Bonchev–Trinajstić information content (AvgIpc) is 3.41.